The Morgan fingerprint density at radius 3 is 3.25 bits per heavy atom. The van der Waals surface area contributed by atoms with Crippen LogP contribution in [-0.4, -0.2) is 53.8 Å². The molecule has 1 atom stereocenters. The van der Waals surface area contributed by atoms with Crippen LogP contribution in [0.2, 0.25) is 0 Å². The predicted octanol–water partition coefficient (Wildman–Crippen LogP) is 0.609. The number of nitrogens with one attached hydrogen (secondary N) is 1. The number of likely N-dealkylation sites (N-methyl/N-ethyl adjacent to an activating group) is 1. The molecule has 1 fully saturated rings. The molecule has 0 spiro atoms. The van der Waals surface area contributed by atoms with Crippen molar-refractivity contribution in [2.45, 2.75) is 13.0 Å². The molecule has 0 radical (unpaired) electrons. The van der Waals surface area contributed by atoms with Crippen LogP contribution in [-0.2, 0) is 4.74 Å². The van der Waals surface area contributed by atoms with E-state index in [4.69, 9.17) is 4.74 Å². The van der Waals surface area contributed by atoms with E-state index in [1.807, 2.05) is 0 Å². The van der Waals surface area contributed by atoms with Crippen molar-refractivity contribution < 1.29 is 4.74 Å². The Kier molecular flexibility index (Phi) is 4.07. The maximum absolute atomic E-state index is 5.68. The third-order valence-electron chi connectivity index (χ3n) is 2.74. The van der Waals surface area contributed by atoms with Crippen LogP contribution in [0.25, 0.3) is 0 Å². The lowest BCUT2D eigenvalue weighted by molar-refractivity contribution is -0.0192. The Balaban J connectivity index is 1.77. The first kappa shape index (κ1) is 11.3. The van der Waals surface area contributed by atoms with Gasteiger partial charge in [0.1, 0.15) is 5.82 Å². The van der Waals surface area contributed by atoms with Crippen molar-refractivity contribution in [3.8, 4) is 0 Å². The third-order valence-corrected chi connectivity index (χ3v) is 2.74. The van der Waals surface area contributed by atoms with E-state index >= 15 is 0 Å². The summed E-state index contributed by atoms with van der Waals surface area (Å²) in [5.74, 6) is 0.805. The molecule has 1 unspecified atom stereocenters. The summed E-state index contributed by atoms with van der Waals surface area (Å²) >= 11 is 0. The van der Waals surface area contributed by atoms with Gasteiger partial charge in [-0.15, -0.1) is 0 Å². The number of hydrogen-bond acceptors (Lipinski definition) is 5. The highest BCUT2D eigenvalue weighted by atomic mass is 16.5. The zero-order valence-electron chi connectivity index (χ0n) is 9.59. The number of aromatic nitrogens is 2. The molecule has 0 aliphatic carbocycles. The second-order valence-electron chi connectivity index (χ2n) is 3.86. The van der Waals surface area contributed by atoms with E-state index in [2.05, 4.69) is 27.1 Å². The smallest absolute Gasteiger partial charge is 0.144 e. The number of ether oxygens (including phenoxy) is 1. The molecule has 1 aromatic heterocycles. The van der Waals surface area contributed by atoms with Gasteiger partial charge in [0.25, 0.3) is 0 Å². The van der Waals surface area contributed by atoms with Crippen LogP contribution in [0.1, 0.15) is 6.92 Å². The standard InChI is InChI=1S/C11H18N4O/c1-2-15-5-6-16-10(9-15)7-14-11-8-12-3-4-13-11/h3-4,8,10H,2,5-7,9H2,1H3,(H,13,14). The van der Waals surface area contributed by atoms with E-state index in [1.165, 1.54) is 0 Å². The molecule has 0 saturated carbocycles. The molecule has 0 aromatic carbocycles. The second-order valence-corrected chi connectivity index (χ2v) is 3.86. The molecular formula is C11H18N4O. The molecule has 88 valence electrons. The van der Waals surface area contributed by atoms with Crippen LogP contribution in [0.3, 0.4) is 0 Å². The first-order valence-electron chi connectivity index (χ1n) is 5.72. The zero-order valence-corrected chi connectivity index (χ0v) is 9.59. The van der Waals surface area contributed by atoms with Gasteiger partial charge in [0.05, 0.1) is 18.9 Å². The molecule has 16 heavy (non-hydrogen) atoms. The van der Waals surface area contributed by atoms with Crippen LogP contribution in [0.4, 0.5) is 5.82 Å². The number of rotatable bonds is 4. The maximum atomic E-state index is 5.68. The molecule has 1 N–H and O–H groups in total. The fourth-order valence-electron chi connectivity index (χ4n) is 1.80. The Bertz CT molecular complexity index is 306. The van der Waals surface area contributed by atoms with Crippen molar-refractivity contribution in [2.24, 2.45) is 0 Å². The topological polar surface area (TPSA) is 50.3 Å². The van der Waals surface area contributed by atoms with Crippen LogP contribution in [0, 0.1) is 0 Å². The molecular weight excluding hydrogens is 204 g/mol. The highest BCUT2D eigenvalue weighted by Gasteiger charge is 2.18. The average molecular weight is 222 g/mol. The van der Waals surface area contributed by atoms with E-state index in [0.29, 0.717) is 0 Å². The van der Waals surface area contributed by atoms with E-state index < -0.39 is 0 Å². The van der Waals surface area contributed by atoms with E-state index in [0.717, 1.165) is 38.6 Å². The maximum Gasteiger partial charge on any atom is 0.144 e. The molecule has 2 rings (SSSR count). The van der Waals surface area contributed by atoms with E-state index in [9.17, 15) is 0 Å². The Labute approximate surface area is 95.8 Å². The van der Waals surface area contributed by atoms with Crippen LogP contribution in [0.5, 0.6) is 0 Å². The Hall–Kier alpha value is -1.20. The SMILES string of the molecule is CCN1CCOC(CNc2cnccn2)C1. The van der Waals surface area contributed by atoms with Gasteiger partial charge in [0.2, 0.25) is 0 Å². The second kappa shape index (κ2) is 5.77. The number of anilines is 1. The highest BCUT2D eigenvalue weighted by Crippen LogP contribution is 2.06. The van der Waals surface area contributed by atoms with Crippen molar-refractivity contribution in [1.82, 2.24) is 14.9 Å². The summed E-state index contributed by atoms with van der Waals surface area (Å²) < 4.78 is 5.68. The molecule has 1 saturated heterocycles. The highest BCUT2D eigenvalue weighted by molar-refractivity contribution is 5.29. The first-order valence-corrected chi connectivity index (χ1v) is 5.72. The summed E-state index contributed by atoms with van der Waals surface area (Å²) in [5, 5.41) is 3.23. The summed E-state index contributed by atoms with van der Waals surface area (Å²) in [6.07, 6.45) is 5.32. The van der Waals surface area contributed by atoms with Crippen molar-refractivity contribution in [3.05, 3.63) is 18.6 Å². The summed E-state index contributed by atoms with van der Waals surface area (Å²) in [4.78, 5) is 10.6. The molecule has 5 nitrogen and oxygen atoms in total. The van der Waals surface area contributed by atoms with Crippen molar-refractivity contribution >= 4 is 5.82 Å². The molecule has 1 aliphatic rings. The lowest BCUT2D eigenvalue weighted by atomic mass is 10.2. The quantitative estimate of drug-likeness (QED) is 0.809. The zero-order chi connectivity index (χ0) is 11.2. The van der Waals surface area contributed by atoms with Gasteiger partial charge >= 0.3 is 0 Å². The Morgan fingerprint density at radius 1 is 1.56 bits per heavy atom. The summed E-state index contributed by atoms with van der Waals surface area (Å²) in [6, 6.07) is 0. The lowest BCUT2D eigenvalue weighted by Crippen LogP contribution is -2.45. The molecule has 5 heteroatoms. The van der Waals surface area contributed by atoms with Gasteiger partial charge < -0.3 is 10.1 Å². The van der Waals surface area contributed by atoms with Crippen LogP contribution < -0.4 is 5.32 Å². The van der Waals surface area contributed by atoms with Gasteiger partial charge in [-0.2, -0.15) is 0 Å². The molecule has 0 amide bonds. The normalized spacial score (nSPS) is 21.9. The lowest BCUT2D eigenvalue weighted by Gasteiger charge is -2.32. The van der Waals surface area contributed by atoms with Gasteiger partial charge in [0, 0.05) is 32.0 Å². The van der Waals surface area contributed by atoms with Gasteiger partial charge in [-0.3, -0.25) is 9.88 Å². The largest absolute Gasteiger partial charge is 0.374 e. The average Bonchev–Trinajstić information content (AvgIpc) is 2.38. The third kappa shape index (κ3) is 3.15. The molecule has 2 heterocycles. The Morgan fingerprint density at radius 2 is 2.50 bits per heavy atom. The minimum Gasteiger partial charge on any atom is -0.374 e. The number of nitrogens with zero attached hydrogens (tertiary/aromatic N) is 3. The van der Waals surface area contributed by atoms with Gasteiger partial charge in [-0.25, -0.2) is 4.98 Å². The van der Waals surface area contributed by atoms with Gasteiger partial charge in [-0.1, -0.05) is 6.92 Å². The molecule has 0 bridgehead atoms. The summed E-state index contributed by atoms with van der Waals surface area (Å²) in [5.41, 5.74) is 0. The van der Waals surface area contributed by atoms with E-state index in [1.54, 1.807) is 18.6 Å². The summed E-state index contributed by atoms with van der Waals surface area (Å²) in [6.45, 7) is 6.90. The van der Waals surface area contributed by atoms with Crippen molar-refractivity contribution in [3.63, 3.8) is 0 Å². The number of hydrogen-bond donors (Lipinski definition) is 1. The predicted molar refractivity (Wildman–Crippen MR) is 62.4 cm³/mol. The first-order chi connectivity index (χ1) is 7.88. The monoisotopic (exact) mass is 222 g/mol. The summed E-state index contributed by atoms with van der Waals surface area (Å²) in [7, 11) is 0. The minimum atomic E-state index is 0.246. The minimum absolute atomic E-state index is 0.246. The molecule has 1 aliphatic heterocycles. The van der Waals surface area contributed by atoms with Gasteiger partial charge in [-0.05, 0) is 6.54 Å². The number of morpholine rings is 1. The molecule has 1 aromatic rings. The fourth-order valence-corrected chi connectivity index (χ4v) is 1.80. The van der Waals surface area contributed by atoms with Crippen molar-refractivity contribution in [1.29, 1.82) is 0 Å². The van der Waals surface area contributed by atoms with Crippen LogP contribution in [0.15, 0.2) is 18.6 Å². The van der Waals surface area contributed by atoms with Crippen LogP contribution >= 0.6 is 0 Å². The van der Waals surface area contributed by atoms with Gasteiger partial charge in [0.15, 0.2) is 0 Å². The van der Waals surface area contributed by atoms with Crippen molar-refractivity contribution in [2.75, 3.05) is 38.1 Å². The fraction of sp³-hybridized carbons (Fsp3) is 0.636. The van der Waals surface area contributed by atoms with E-state index in [-0.39, 0.29) is 6.10 Å².